The van der Waals surface area contributed by atoms with Crippen molar-refractivity contribution >= 4 is 5.84 Å². The number of benzene rings is 2. The minimum atomic E-state index is 0.514. The van der Waals surface area contributed by atoms with E-state index in [1.54, 1.807) is 7.11 Å². The smallest absolute Gasteiger partial charge is 0.161 e. The van der Waals surface area contributed by atoms with Gasteiger partial charge in [-0.25, -0.2) is 0 Å². The SMILES string of the molecule is COc1ccccc1OCc1ccc(C2=NCCCN2)cc1. The van der Waals surface area contributed by atoms with Crippen molar-refractivity contribution in [2.45, 2.75) is 13.0 Å². The third-order valence-electron chi connectivity index (χ3n) is 3.59. The maximum Gasteiger partial charge on any atom is 0.161 e. The van der Waals surface area contributed by atoms with Gasteiger partial charge >= 0.3 is 0 Å². The quantitative estimate of drug-likeness (QED) is 0.922. The maximum atomic E-state index is 5.83. The van der Waals surface area contributed by atoms with E-state index in [-0.39, 0.29) is 0 Å². The lowest BCUT2D eigenvalue weighted by Gasteiger charge is -2.15. The predicted octanol–water partition coefficient (Wildman–Crippen LogP) is 3.01. The van der Waals surface area contributed by atoms with Gasteiger partial charge < -0.3 is 14.8 Å². The van der Waals surface area contributed by atoms with Crippen LogP contribution >= 0.6 is 0 Å². The van der Waals surface area contributed by atoms with Gasteiger partial charge in [0.1, 0.15) is 12.4 Å². The number of rotatable bonds is 5. The van der Waals surface area contributed by atoms with Crippen molar-refractivity contribution in [1.82, 2.24) is 5.32 Å². The molecule has 1 aliphatic heterocycles. The van der Waals surface area contributed by atoms with Gasteiger partial charge in [0, 0.05) is 18.7 Å². The van der Waals surface area contributed by atoms with E-state index in [0.29, 0.717) is 6.61 Å². The van der Waals surface area contributed by atoms with Gasteiger partial charge in [-0.15, -0.1) is 0 Å². The first kappa shape index (κ1) is 14.4. The molecule has 0 unspecified atom stereocenters. The fourth-order valence-corrected chi connectivity index (χ4v) is 2.38. The van der Waals surface area contributed by atoms with Crippen molar-refractivity contribution in [2.75, 3.05) is 20.2 Å². The molecule has 0 fully saturated rings. The Morgan fingerprint density at radius 1 is 1.05 bits per heavy atom. The third kappa shape index (κ3) is 3.39. The van der Waals surface area contributed by atoms with Crippen molar-refractivity contribution in [2.24, 2.45) is 4.99 Å². The minimum Gasteiger partial charge on any atom is -0.493 e. The third-order valence-corrected chi connectivity index (χ3v) is 3.59. The Morgan fingerprint density at radius 3 is 2.50 bits per heavy atom. The molecule has 4 nitrogen and oxygen atoms in total. The first-order chi connectivity index (χ1) is 10.9. The number of amidine groups is 1. The second kappa shape index (κ2) is 6.98. The van der Waals surface area contributed by atoms with E-state index < -0.39 is 0 Å². The van der Waals surface area contributed by atoms with Gasteiger partial charge in [-0.3, -0.25) is 4.99 Å². The number of aliphatic imine (C=N–C) groups is 1. The van der Waals surface area contributed by atoms with Crippen molar-refractivity contribution in [3.05, 3.63) is 59.7 Å². The van der Waals surface area contributed by atoms with Crippen LogP contribution in [-0.4, -0.2) is 26.0 Å². The van der Waals surface area contributed by atoms with Crippen molar-refractivity contribution in [1.29, 1.82) is 0 Å². The minimum absolute atomic E-state index is 0.514. The highest BCUT2D eigenvalue weighted by Gasteiger charge is 2.07. The van der Waals surface area contributed by atoms with Crippen molar-refractivity contribution in [3.8, 4) is 11.5 Å². The molecule has 0 amide bonds. The normalized spacial score (nSPS) is 14.0. The van der Waals surface area contributed by atoms with E-state index >= 15 is 0 Å². The molecule has 3 rings (SSSR count). The Bertz CT molecular complexity index is 650. The zero-order valence-corrected chi connectivity index (χ0v) is 12.7. The largest absolute Gasteiger partial charge is 0.493 e. The molecule has 1 aliphatic rings. The zero-order valence-electron chi connectivity index (χ0n) is 12.7. The molecule has 0 atom stereocenters. The molecule has 0 spiro atoms. The van der Waals surface area contributed by atoms with Crippen LogP contribution in [0.1, 0.15) is 17.5 Å². The standard InChI is InChI=1S/C18H20N2O2/c1-21-16-5-2-3-6-17(16)22-13-14-7-9-15(10-8-14)18-19-11-4-12-20-18/h2-3,5-10H,4,11-13H2,1H3,(H,19,20). The van der Waals surface area contributed by atoms with Crippen molar-refractivity contribution < 1.29 is 9.47 Å². The van der Waals surface area contributed by atoms with Crippen LogP contribution in [0, 0.1) is 0 Å². The highest BCUT2D eigenvalue weighted by Crippen LogP contribution is 2.26. The number of para-hydroxylation sites is 2. The Hall–Kier alpha value is -2.49. The summed E-state index contributed by atoms with van der Waals surface area (Å²) in [5, 5.41) is 3.33. The van der Waals surface area contributed by atoms with Crippen molar-refractivity contribution in [3.63, 3.8) is 0 Å². The lowest BCUT2D eigenvalue weighted by atomic mass is 10.1. The van der Waals surface area contributed by atoms with Crippen LogP contribution in [0.25, 0.3) is 0 Å². The highest BCUT2D eigenvalue weighted by molar-refractivity contribution is 5.99. The van der Waals surface area contributed by atoms with Crippen LogP contribution in [0.15, 0.2) is 53.5 Å². The monoisotopic (exact) mass is 296 g/mol. The van der Waals surface area contributed by atoms with E-state index in [0.717, 1.165) is 48.0 Å². The topological polar surface area (TPSA) is 42.9 Å². The summed E-state index contributed by atoms with van der Waals surface area (Å²) in [5.74, 6) is 2.50. The molecule has 4 heteroatoms. The summed E-state index contributed by atoms with van der Waals surface area (Å²) in [5.41, 5.74) is 2.24. The molecular weight excluding hydrogens is 276 g/mol. The number of nitrogens with zero attached hydrogens (tertiary/aromatic N) is 1. The highest BCUT2D eigenvalue weighted by atomic mass is 16.5. The zero-order chi connectivity index (χ0) is 15.2. The van der Waals surface area contributed by atoms with Gasteiger partial charge in [-0.2, -0.15) is 0 Å². The summed E-state index contributed by atoms with van der Waals surface area (Å²) in [7, 11) is 1.65. The molecule has 0 aromatic heterocycles. The van der Waals surface area contributed by atoms with Crippen LogP contribution in [0.5, 0.6) is 11.5 Å². The number of hydrogen-bond acceptors (Lipinski definition) is 4. The van der Waals surface area contributed by atoms with Crippen LogP contribution in [0.2, 0.25) is 0 Å². The molecule has 2 aromatic carbocycles. The van der Waals surface area contributed by atoms with Crippen LogP contribution in [0.4, 0.5) is 0 Å². The molecule has 114 valence electrons. The summed E-state index contributed by atoms with van der Waals surface area (Å²) in [6.45, 7) is 2.42. The van der Waals surface area contributed by atoms with E-state index in [2.05, 4.69) is 34.6 Å². The molecule has 0 radical (unpaired) electrons. The molecule has 1 heterocycles. The second-order valence-electron chi connectivity index (χ2n) is 5.15. The lowest BCUT2D eigenvalue weighted by Crippen LogP contribution is -2.30. The van der Waals surface area contributed by atoms with Gasteiger partial charge in [-0.05, 0) is 24.1 Å². The molecule has 0 aliphatic carbocycles. The van der Waals surface area contributed by atoms with Gasteiger partial charge in [0.25, 0.3) is 0 Å². The van der Waals surface area contributed by atoms with E-state index in [1.165, 1.54) is 0 Å². The summed E-state index contributed by atoms with van der Waals surface area (Å²) < 4.78 is 11.1. The average Bonchev–Trinajstić information content (AvgIpc) is 2.61. The molecule has 1 N–H and O–H groups in total. The summed E-state index contributed by atoms with van der Waals surface area (Å²) in [6, 6.07) is 16.0. The Labute approximate surface area is 130 Å². The summed E-state index contributed by atoms with van der Waals surface area (Å²) in [6.07, 6.45) is 1.11. The van der Waals surface area contributed by atoms with Gasteiger partial charge in [-0.1, -0.05) is 36.4 Å². The molecule has 2 aromatic rings. The molecule has 22 heavy (non-hydrogen) atoms. The van der Waals surface area contributed by atoms with E-state index in [1.807, 2.05) is 24.3 Å². The van der Waals surface area contributed by atoms with Gasteiger partial charge in [0.05, 0.1) is 7.11 Å². The number of methoxy groups -OCH3 is 1. The first-order valence-corrected chi connectivity index (χ1v) is 7.50. The van der Waals surface area contributed by atoms with Crippen LogP contribution < -0.4 is 14.8 Å². The average molecular weight is 296 g/mol. The summed E-state index contributed by atoms with van der Waals surface area (Å²) in [4.78, 5) is 4.50. The predicted molar refractivity (Wildman–Crippen MR) is 87.8 cm³/mol. The first-order valence-electron chi connectivity index (χ1n) is 7.50. The molecule has 0 bridgehead atoms. The molecular formula is C18H20N2O2. The lowest BCUT2D eigenvalue weighted by molar-refractivity contribution is 0.284. The van der Waals surface area contributed by atoms with Gasteiger partial charge in [0.2, 0.25) is 0 Å². The maximum absolute atomic E-state index is 5.83. The Balaban J connectivity index is 1.65. The number of hydrogen-bond donors (Lipinski definition) is 1. The van der Waals surface area contributed by atoms with E-state index in [4.69, 9.17) is 9.47 Å². The molecule has 0 saturated carbocycles. The Kier molecular flexibility index (Phi) is 4.59. The molecule has 0 saturated heterocycles. The second-order valence-corrected chi connectivity index (χ2v) is 5.15. The van der Waals surface area contributed by atoms with Crippen LogP contribution in [-0.2, 0) is 6.61 Å². The van der Waals surface area contributed by atoms with E-state index in [9.17, 15) is 0 Å². The van der Waals surface area contributed by atoms with Gasteiger partial charge in [0.15, 0.2) is 11.5 Å². The fourth-order valence-electron chi connectivity index (χ4n) is 2.38. The number of ether oxygens (including phenoxy) is 2. The summed E-state index contributed by atoms with van der Waals surface area (Å²) >= 11 is 0. The van der Waals surface area contributed by atoms with Crippen LogP contribution in [0.3, 0.4) is 0 Å². The number of nitrogens with one attached hydrogen (secondary N) is 1. The fraction of sp³-hybridized carbons (Fsp3) is 0.278. The Morgan fingerprint density at radius 2 is 1.82 bits per heavy atom.